The molecule has 0 radical (unpaired) electrons. The summed E-state index contributed by atoms with van der Waals surface area (Å²) in [5.74, 6) is 0. The van der Waals surface area contributed by atoms with Gasteiger partial charge in [0, 0.05) is 220 Å². The third-order valence-corrected chi connectivity index (χ3v) is 20.4. The molecule has 120 heavy (non-hydrogen) atoms. The number of aromatic nitrogens is 6. The van der Waals surface area contributed by atoms with E-state index in [1.165, 1.54) is 90.2 Å². The molecule has 12 aromatic rings. The van der Waals surface area contributed by atoms with Crippen molar-refractivity contribution < 1.29 is 137 Å². The van der Waals surface area contributed by atoms with Gasteiger partial charge < -0.3 is 59.3 Å². The summed E-state index contributed by atoms with van der Waals surface area (Å²) in [6.07, 6.45) is -8.90. The zero-order valence-electron chi connectivity index (χ0n) is 128. The highest BCUT2D eigenvalue weighted by molar-refractivity contribution is 7.90. The van der Waals surface area contributed by atoms with Crippen molar-refractivity contribution in [1.29, 1.82) is 0 Å². The largest absolute Gasteiger partial charge is 0.361 e. The molecule has 12 N–H and O–H groups in total. The Balaban J connectivity index is 0.000000293. The second-order valence-corrected chi connectivity index (χ2v) is 33.5. The first-order chi connectivity index (χ1) is 80.9. The molecule has 6 aromatic carbocycles. The summed E-state index contributed by atoms with van der Waals surface area (Å²) in [4.78, 5) is 13.8. The number of nitrogens with one attached hydrogen (secondary N) is 12. The van der Waals surface area contributed by atoms with Crippen molar-refractivity contribution in [3.8, 4) is 0 Å². The topological polar surface area (TPSA) is 391 Å². The number of sulfonamides is 6. The normalized spacial score (nSPS) is 23.0. The summed E-state index contributed by atoms with van der Waals surface area (Å²) < 4.78 is 638. The van der Waals surface area contributed by atoms with Gasteiger partial charge in [-0.15, -0.1) is 0 Å². The molecule has 0 fully saturated rings. The van der Waals surface area contributed by atoms with Gasteiger partial charge >= 0.3 is 0 Å². The predicted molar refractivity (Wildman–Crippen MR) is 493 cm³/mol. The van der Waals surface area contributed by atoms with Crippen LogP contribution in [0.5, 0.6) is 0 Å². The summed E-state index contributed by atoms with van der Waals surface area (Å²) in [6.45, 7) is -39.4. The average molecular weight is 1840 g/mol. The Hall–Kier alpha value is -8.22. The van der Waals surface area contributed by atoms with Crippen LogP contribution in [0.1, 0.15) is 145 Å². The van der Waals surface area contributed by atoms with Gasteiger partial charge in [-0.25, -0.2) is 78.8 Å². The van der Waals surface area contributed by atoms with Gasteiger partial charge in [-0.05, 0) is 304 Å². The fourth-order valence-electron chi connectivity index (χ4n) is 9.85. The first-order valence-corrected chi connectivity index (χ1v) is 42.4. The minimum absolute atomic E-state index is 0.0122. The van der Waals surface area contributed by atoms with Gasteiger partial charge in [0.1, 0.15) is 4.24 Å². The van der Waals surface area contributed by atoms with Crippen LogP contribution in [-0.2, 0) is 133 Å². The van der Waals surface area contributed by atoms with Crippen molar-refractivity contribution in [2.24, 2.45) is 0 Å². The van der Waals surface area contributed by atoms with Crippen LogP contribution in [0.3, 0.4) is 0 Å². The smallest absolute Gasteiger partial charge is 0.215 e. The highest BCUT2D eigenvalue weighted by Crippen LogP contribution is 2.28. The van der Waals surface area contributed by atoms with E-state index in [1.807, 2.05) is 0 Å². The van der Waals surface area contributed by atoms with E-state index in [0.29, 0.717) is 11.0 Å². The number of nitrogens with zero attached hydrogens (tertiary/aromatic N) is 6. The molecule has 0 aliphatic carbocycles. The zero-order chi connectivity index (χ0) is 143. The maximum absolute atomic E-state index is 12.4. The van der Waals surface area contributed by atoms with Gasteiger partial charge in [0.05, 0.1) is 34.2 Å². The van der Waals surface area contributed by atoms with Gasteiger partial charge in [0.15, 0.2) is 4.24 Å². The second kappa shape index (κ2) is 45.2. The number of rotatable bonds is 36. The first kappa shape index (κ1) is 42.0. The van der Waals surface area contributed by atoms with E-state index in [-0.39, 0.29) is 124 Å². The highest BCUT2D eigenvalue weighted by Gasteiger charge is 2.19. The monoisotopic (exact) mass is 1830 g/mol. The lowest BCUT2D eigenvalue weighted by molar-refractivity contribution is 0.414. The van der Waals surface area contributed by atoms with Gasteiger partial charge in [0.25, 0.3) is 0 Å². The van der Waals surface area contributed by atoms with Crippen LogP contribution in [0, 0.1) is 0 Å². The Labute approximate surface area is 800 Å². The van der Waals surface area contributed by atoms with Crippen molar-refractivity contribution in [3.05, 3.63) is 213 Å². The molecule has 6 aromatic heterocycles. The van der Waals surface area contributed by atoms with Crippen LogP contribution in [0.25, 0.3) is 65.4 Å². The van der Waals surface area contributed by atoms with Gasteiger partial charge in [-0.3, -0.25) is 0 Å². The van der Waals surface area contributed by atoms with E-state index >= 15 is 0 Å². The number of fused-ring (bicyclic) bond motifs is 6. The fourth-order valence-corrected chi connectivity index (χ4v) is 12.9. The van der Waals surface area contributed by atoms with Gasteiger partial charge in [-0.1, -0.05) is 36.4 Å². The summed E-state index contributed by atoms with van der Waals surface area (Å²) in [7, 11) is -18.4. The molecule has 0 atom stereocenters. The summed E-state index contributed by atoms with van der Waals surface area (Å²) in [6, 6.07) is 20.3. The Morgan fingerprint density at radius 2 is 0.542 bits per heavy atom. The van der Waals surface area contributed by atoms with Gasteiger partial charge in [-0.2, -0.15) is 0 Å². The van der Waals surface area contributed by atoms with E-state index < -0.39 is 261 Å². The molecule has 6 heterocycles. The SMILES string of the molecule is [2H]C([2H])([2H])NS(=O)(=O)C([2H])([2H])c1ccc2[nH]cc(C([2H])([2H])C([2H])([2H])N(C([2H])([2H])[2H])C([2H])([2H])[2H])c2c1.[2H]C([2H])([2H])NS(=O)(=O)C([2H])([2H])c1ccc2[nH]cc(C([2H])([2H])C([2H])([2H])N(C)C([2H])([2H])[2H])c2c1.[2H]C([2H])([2H])NS(=O)(=O)C([2H])([2H])c1ccc2[nH]cc(C([2H])([2H])C([2H])([2H])N(C)C)c2c1.[2H]N(C)S(=O)(=O)C([2H])([2H])c1ccc2c(c1)c(C([2H])([2H])CN(C([2H])([2H])[2H])C([2H])([2H])[2H])cn2[2H].[2H]N(C)S(=O)(=O)C([2H])([2H])c1ccc2c(c1)c(C([2H])([2H])CN(C)C([2H])([2H])[2H])cn2[2H].[2H]N(C)S(=O)(=O)C([2H])([2H])c1ccc2c(c1)c(C([2H])([2H])CN(C)C)cn2[2H]. The maximum atomic E-state index is 12.4. The molecule has 0 spiro atoms. The molecule has 0 saturated heterocycles. The lowest BCUT2D eigenvalue weighted by atomic mass is 10.1. The molecular formula is C84H126N18O12S6. The van der Waals surface area contributed by atoms with Crippen molar-refractivity contribution in [2.45, 2.75) is 72.5 Å². The quantitative estimate of drug-likeness (QED) is 0.0177. The molecule has 0 unspecified atom stereocenters. The summed E-state index contributed by atoms with van der Waals surface area (Å²) >= 11 is 0. The van der Waals surface area contributed by atoms with Crippen molar-refractivity contribution >= 4 is 126 Å². The average Bonchev–Trinajstić information content (AvgIpc) is 1.67. The lowest BCUT2D eigenvalue weighted by Crippen LogP contribution is -2.20. The number of benzene rings is 6. The van der Waals surface area contributed by atoms with E-state index in [1.54, 1.807) is 19.0 Å². The predicted octanol–water partition coefficient (Wildman–Crippen LogP) is 7.93. The molecule has 0 aliphatic heterocycles. The standard InChI is InChI=1S/6C14H21N3O2S/c6*1-15-20(18,19)10-11-4-5-14-13(8-11)12(9-16-14)6-7-17(2)3/h6*4-5,8-9,15-16H,6-7,10H2,1-3H3/i1D3,2D3,3D3,6D2,7D2,10D2;1D3,2D3,6D2,7D2,10D2;2D3,3D3,6D2,10D2;1D3,6D2,7D2,10D2;2D3,6D2,10D2;6D2,10D2/hD6. The molecule has 660 valence electrons. The first-order valence-electron chi connectivity index (χ1n) is 64.8. The minimum Gasteiger partial charge on any atom is -0.361 e. The number of aromatic amines is 6. The molecule has 0 saturated carbocycles. The number of H-pyrrole nitrogens is 6. The molecule has 30 nitrogen and oxygen atoms in total. The van der Waals surface area contributed by atoms with E-state index in [4.69, 9.17) is 86.6 Å². The van der Waals surface area contributed by atoms with Crippen molar-refractivity contribution in [1.82, 2.24) is 87.6 Å². The number of aryl methyl sites for hydroxylation is 3. The van der Waals surface area contributed by atoms with Crippen LogP contribution in [0.4, 0.5) is 0 Å². The highest BCUT2D eigenvalue weighted by atomic mass is 32.2. The van der Waals surface area contributed by atoms with Gasteiger partial charge in [0.2, 0.25) is 60.1 Å². The van der Waals surface area contributed by atoms with Crippen LogP contribution < -0.4 is 28.3 Å². The zero-order valence-corrected chi connectivity index (χ0v) is 69.6. The molecule has 36 heteroatoms. The molecule has 0 bridgehead atoms. The van der Waals surface area contributed by atoms with Crippen molar-refractivity contribution in [3.63, 3.8) is 0 Å². The third kappa shape index (κ3) is 31.9. The van der Waals surface area contributed by atoms with E-state index in [0.717, 1.165) is 144 Å². The van der Waals surface area contributed by atoms with Crippen LogP contribution in [0.2, 0.25) is 8.47 Å². The maximum Gasteiger partial charge on any atom is 0.215 e. The summed E-state index contributed by atoms with van der Waals surface area (Å²) in [5.41, 5.74) is -21.5. The minimum atomic E-state index is -5.17. The summed E-state index contributed by atoms with van der Waals surface area (Å²) in [5, 5.41) is -0.0933. The third-order valence-electron chi connectivity index (χ3n) is 15.1. The van der Waals surface area contributed by atoms with Crippen LogP contribution in [-0.4, -0.2) is 275 Å². The number of hydrogen-bond acceptors (Lipinski definition) is 18. The van der Waals surface area contributed by atoms with E-state index in [2.05, 4.69) is 15.0 Å². The van der Waals surface area contributed by atoms with Crippen LogP contribution in [0.15, 0.2) is 146 Å². The van der Waals surface area contributed by atoms with Crippen molar-refractivity contribution in [2.75, 3.05) is 165 Å². The van der Waals surface area contributed by atoms with E-state index in [9.17, 15) is 50.5 Å². The lowest BCUT2D eigenvalue weighted by Gasteiger charge is -2.08. The Bertz CT molecular complexity index is 8960. The number of hydrogen-bond donors (Lipinski definition) is 12. The Morgan fingerprint density at radius 1 is 0.300 bits per heavy atom. The molecule has 0 aliphatic rings. The second-order valence-electron chi connectivity index (χ2n) is 24.7. The Kier molecular flexibility index (Phi) is 15.8. The number of likely N-dealkylation sites (N-methyl/N-ethyl adjacent to an activating group) is 6. The fraction of sp³-hybridized carbons (Fsp3) is 0.429. The molecule has 0 amide bonds. The molecular weight excluding hydrogens is 1650 g/mol. The molecule has 12 rings (SSSR count). The Morgan fingerprint density at radius 3 is 0.808 bits per heavy atom. The van der Waals surface area contributed by atoms with Crippen LogP contribution >= 0.6 is 0 Å².